The predicted molar refractivity (Wildman–Crippen MR) is 81.7 cm³/mol. The number of aromatic nitrogens is 2. The lowest BCUT2D eigenvalue weighted by Gasteiger charge is -2.11. The molecule has 2 aromatic rings. The number of aryl methyl sites for hydroxylation is 1. The Labute approximate surface area is 132 Å². The van der Waals surface area contributed by atoms with Crippen molar-refractivity contribution in [3.05, 3.63) is 46.8 Å². The largest absolute Gasteiger partial charge is 0.348 e. The minimum atomic E-state index is -0.720. The van der Waals surface area contributed by atoms with E-state index >= 15 is 0 Å². The first kappa shape index (κ1) is 15.6. The van der Waals surface area contributed by atoms with E-state index in [1.54, 1.807) is 13.8 Å². The van der Waals surface area contributed by atoms with Crippen molar-refractivity contribution in [1.82, 2.24) is 20.4 Å². The second kappa shape index (κ2) is 6.08. The Morgan fingerprint density at radius 1 is 1.39 bits per heavy atom. The van der Waals surface area contributed by atoms with Crippen LogP contribution in [0.2, 0.25) is 0 Å². The molecule has 1 aromatic heterocycles. The van der Waals surface area contributed by atoms with Crippen LogP contribution in [0.4, 0.5) is 8.78 Å². The molecule has 0 radical (unpaired) electrons. The number of carbonyl (C=O) groups is 1. The number of nitrogens with one attached hydrogen (secondary N) is 2. The van der Waals surface area contributed by atoms with Crippen LogP contribution in [0.25, 0.3) is 5.69 Å². The summed E-state index contributed by atoms with van der Waals surface area (Å²) in [5.41, 5.74) is 1.58. The van der Waals surface area contributed by atoms with Crippen molar-refractivity contribution in [3.63, 3.8) is 0 Å². The quantitative estimate of drug-likeness (QED) is 0.907. The molecule has 1 aliphatic rings. The molecule has 3 rings (SSSR count). The van der Waals surface area contributed by atoms with Crippen molar-refractivity contribution in [1.29, 1.82) is 0 Å². The van der Waals surface area contributed by atoms with Gasteiger partial charge in [-0.3, -0.25) is 4.79 Å². The van der Waals surface area contributed by atoms with Crippen LogP contribution in [-0.2, 0) is 0 Å². The Morgan fingerprint density at radius 3 is 2.83 bits per heavy atom. The van der Waals surface area contributed by atoms with Crippen molar-refractivity contribution < 1.29 is 13.6 Å². The fourth-order valence-corrected chi connectivity index (χ4v) is 2.89. The topological polar surface area (TPSA) is 59.0 Å². The first-order valence-corrected chi connectivity index (χ1v) is 7.50. The van der Waals surface area contributed by atoms with Crippen LogP contribution < -0.4 is 10.6 Å². The van der Waals surface area contributed by atoms with Gasteiger partial charge in [0.1, 0.15) is 11.5 Å². The van der Waals surface area contributed by atoms with Gasteiger partial charge in [0, 0.05) is 18.7 Å². The third-order valence-electron chi connectivity index (χ3n) is 4.05. The number of carbonyl (C=O) groups excluding carboxylic acids is 1. The molecule has 0 aliphatic carbocycles. The van der Waals surface area contributed by atoms with Crippen LogP contribution in [0, 0.1) is 25.5 Å². The summed E-state index contributed by atoms with van der Waals surface area (Å²) in [5.74, 6) is -1.59. The zero-order chi connectivity index (χ0) is 16.6. The maximum Gasteiger partial charge on any atom is 0.255 e. The predicted octanol–water partition coefficient (Wildman–Crippen LogP) is 1.86. The average Bonchev–Trinajstić information content (AvgIpc) is 3.07. The van der Waals surface area contributed by atoms with Crippen LogP contribution in [0.3, 0.4) is 0 Å². The summed E-state index contributed by atoms with van der Waals surface area (Å²) < 4.78 is 28.4. The number of hydrogen-bond donors (Lipinski definition) is 2. The minimum Gasteiger partial charge on any atom is -0.348 e. The molecule has 1 fully saturated rings. The molecule has 0 spiro atoms. The van der Waals surface area contributed by atoms with E-state index in [2.05, 4.69) is 15.7 Å². The summed E-state index contributed by atoms with van der Waals surface area (Å²) >= 11 is 0. The van der Waals surface area contributed by atoms with Gasteiger partial charge in [-0.05, 0) is 38.9 Å². The molecule has 23 heavy (non-hydrogen) atoms. The van der Waals surface area contributed by atoms with E-state index in [9.17, 15) is 13.6 Å². The van der Waals surface area contributed by atoms with Gasteiger partial charge < -0.3 is 10.6 Å². The van der Waals surface area contributed by atoms with Gasteiger partial charge in [-0.25, -0.2) is 13.5 Å². The molecule has 2 heterocycles. The van der Waals surface area contributed by atoms with Crippen LogP contribution in [0.5, 0.6) is 0 Å². The number of benzene rings is 1. The van der Waals surface area contributed by atoms with Crippen LogP contribution >= 0.6 is 0 Å². The molecule has 2 N–H and O–H groups in total. The van der Waals surface area contributed by atoms with Gasteiger partial charge in [-0.2, -0.15) is 5.10 Å². The summed E-state index contributed by atoms with van der Waals surface area (Å²) in [7, 11) is 0. The summed E-state index contributed by atoms with van der Waals surface area (Å²) in [5, 5.41) is 10.4. The maximum absolute atomic E-state index is 14.0. The van der Waals surface area contributed by atoms with Crippen LogP contribution in [0.1, 0.15) is 28.2 Å². The Bertz CT molecular complexity index is 751. The number of hydrogen-bond acceptors (Lipinski definition) is 3. The smallest absolute Gasteiger partial charge is 0.255 e. The minimum absolute atomic E-state index is 0.0900. The molecule has 1 unspecified atom stereocenters. The Kier molecular flexibility index (Phi) is 4.12. The second-order valence-electron chi connectivity index (χ2n) is 5.72. The zero-order valence-corrected chi connectivity index (χ0v) is 13.0. The van der Waals surface area contributed by atoms with Gasteiger partial charge in [-0.15, -0.1) is 0 Å². The van der Waals surface area contributed by atoms with Crippen molar-refractivity contribution in [2.24, 2.45) is 0 Å². The standard InChI is InChI=1S/C16H18F2N4O/c1-9-15(16(23)20-12-5-6-19-8-12)10(2)22(21-9)14-4-3-11(17)7-13(14)18/h3-4,7,12,19H,5-6,8H2,1-2H3,(H,20,23). The van der Waals surface area contributed by atoms with Crippen molar-refractivity contribution >= 4 is 5.91 Å². The molecule has 1 atom stereocenters. The highest BCUT2D eigenvalue weighted by Gasteiger charge is 2.24. The summed E-state index contributed by atoms with van der Waals surface area (Å²) in [4.78, 5) is 12.5. The fourth-order valence-electron chi connectivity index (χ4n) is 2.89. The molecule has 0 bridgehead atoms. The highest BCUT2D eigenvalue weighted by molar-refractivity contribution is 5.96. The highest BCUT2D eigenvalue weighted by atomic mass is 19.1. The van der Waals surface area contributed by atoms with E-state index < -0.39 is 11.6 Å². The number of amides is 1. The molecule has 1 aliphatic heterocycles. The third kappa shape index (κ3) is 2.96. The van der Waals surface area contributed by atoms with Gasteiger partial charge >= 0.3 is 0 Å². The molecule has 122 valence electrons. The number of halogens is 2. The summed E-state index contributed by atoms with van der Waals surface area (Å²) in [6.07, 6.45) is 0.880. The monoisotopic (exact) mass is 320 g/mol. The van der Waals surface area contributed by atoms with Crippen molar-refractivity contribution in [2.75, 3.05) is 13.1 Å². The molecular formula is C16H18F2N4O. The lowest BCUT2D eigenvalue weighted by Crippen LogP contribution is -2.36. The number of nitrogens with zero attached hydrogens (tertiary/aromatic N) is 2. The molecule has 1 amide bonds. The first-order chi connectivity index (χ1) is 11.0. The van der Waals surface area contributed by atoms with E-state index in [0.29, 0.717) is 17.0 Å². The van der Waals surface area contributed by atoms with Gasteiger partial charge in [0.25, 0.3) is 5.91 Å². The normalized spacial score (nSPS) is 17.5. The van der Waals surface area contributed by atoms with E-state index in [0.717, 1.165) is 25.6 Å². The lowest BCUT2D eigenvalue weighted by molar-refractivity contribution is 0.0939. The highest BCUT2D eigenvalue weighted by Crippen LogP contribution is 2.21. The summed E-state index contributed by atoms with van der Waals surface area (Å²) in [6, 6.07) is 3.37. The fraction of sp³-hybridized carbons (Fsp3) is 0.375. The lowest BCUT2D eigenvalue weighted by atomic mass is 10.1. The van der Waals surface area contributed by atoms with E-state index in [-0.39, 0.29) is 17.6 Å². The Hall–Kier alpha value is -2.28. The first-order valence-electron chi connectivity index (χ1n) is 7.50. The van der Waals surface area contributed by atoms with Crippen molar-refractivity contribution in [3.8, 4) is 5.69 Å². The summed E-state index contributed by atoms with van der Waals surface area (Å²) in [6.45, 7) is 5.02. The Balaban J connectivity index is 1.94. The van der Waals surface area contributed by atoms with Gasteiger partial charge in [-0.1, -0.05) is 0 Å². The molecule has 1 aromatic carbocycles. The van der Waals surface area contributed by atoms with Gasteiger partial charge in [0.15, 0.2) is 5.82 Å². The van der Waals surface area contributed by atoms with E-state index in [1.165, 1.54) is 16.8 Å². The Morgan fingerprint density at radius 2 is 2.17 bits per heavy atom. The maximum atomic E-state index is 14.0. The van der Waals surface area contributed by atoms with Crippen molar-refractivity contribution in [2.45, 2.75) is 26.3 Å². The zero-order valence-electron chi connectivity index (χ0n) is 13.0. The molecule has 1 saturated heterocycles. The van der Waals surface area contributed by atoms with E-state index in [1.807, 2.05) is 0 Å². The average molecular weight is 320 g/mol. The van der Waals surface area contributed by atoms with Crippen LogP contribution in [0.15, 0.2) is 18.2 Å². The molecule has 0 saturated carbocycles. The van der Waals surface area contributed by atoms with Gasteiger partial charge in [0.2, 0.25) is 0 Å². The van der Waals surface area contributed by atoms with E-state index in [4.69, 9.17) is 0 Å². The number of rotatable bonds is 3. The third-order valence-corrected chi connectivity index (χ3v) is 4.05. The second-order valence-corrected chi connectivity index (χ2v) is 5.72. The van der Waals surface area contributed by atoms with Gasteiger partial charge in [0.05, 0.1) is 17.0 Å². The molecule has 7 heteroatoms. The SMILES string of the molecule is Cc1nn(-c2ccc(F)cc2F)c(C)c1C(=O)NC1CCNC1. The molecular weight excluding hydrogens is 302 g/mol. The molecule has 5 nitrogen and oxygen atoms in total. The van der Waals surface area contributed by atoms with Crippen LogP contribution in [-0.4, -0.2) is 34.8 Å².